The standard InChI is InChI=1S/C18H26N4O4S2/c1-11-12(2)27-18-16(11)17(24)20-14(21-18)6-7-15(23)22-8-4-5-13(10-22)9-19-28(3,25)26/h13,19H,4-10H2,1-3H3,(H,20,21,24). The quantitative estimate of drug-likeness (QED) is 0.723. The zero-order chi connectivity index (χ0) is 20.5. The summed E-state index contributed by atoms with van der Waals surface area (Å²) in [4.78, 5) is 35.8. The van der Waals surface area contributed by atoms with Crippen LogP contribution < -0.4 is 10.3 Å². The molecule has 1 amide bonds. The highest BCUT2D eigenvalue weighted by Crippen LogP contribution is 2.25. The van der Waals surface area contributed by atoms with Crippen LogP contribution in [0.1, 0.15) is 35.5 Å². The Bertz CT molecular complexity index is 1040. The molecule has 8 nitrogen and oxygen atoms in total. The minimum atomic E-state index is -3.23. The largest absolute Gasteiger partial charge is 0.342 e. The average Bonchev–Trinajstić information content (AvgIpc) is 2.92. The second-order valence-corrected chi connectivity index (χ2v) is 10.5. The molecule has 0 bridgehead atoms. The van der Waals surface area contributed by atoms with Gasteiger partial charge in [0.05, 0.1) is 11.6 Å². The second-order valence-electron chi connectivity index (χ2n) is 7.44. The van der Waals surface area contributed by atoms with E-state index in [2.05, 4.69) is 14.7 Å². The van der Waals surface area contributed by atoms with Crippen molar-refractivity contribution in [1.29, 1.82) is 0 Å². The van der Waals surface area contributed by atoms with Crippen molar-refractivity contribution >= 4 is 37.5 Å². The molecular weight excluding hydrogens is 400 g/mol. The van der Waals surface area contributed by atoms with Crippen LogP contribution in [0.25, 0.3) is 10.2 Å². The van der Waals surface area contributed by atoms with Crippen molar-refractivity contribution in [3.63, 3.8) is 0 Å². The number of amides is 1. The normalized spacial score (nSPS) is 18.0. The predicted molar refractivity (Wildman–Crippen MR) is 110 cm³/mol. The Balaban J connectivity index is 1.60. The van der Waals surface area contributed by atoms with Gasteiger partial charge in [0.2, 0.25) is 15.9 Å². The fraction of sp³-hybridized carbons (Fsp3) is 0.611. The molecule has 10 heteroatoms. The molecule has 0 radical (unpaired) electrons. The van der Waals surface area contributed by atoms with Crippen molar-refractivity contribution in [2.24, 2.45) is 5.92 Å². The minimum absolute atomic E-state index is 0.00495. The lowest BCUT2D eigenvalue weighted by atomic mass is 9.98. The number of nitrogens with zero attached hydrogens (tertiary/aromatic N) is 2. The van der Waals surface area contributed by atoms with Crippen molar-refractivity contribution in [3.8, 4) is 0 Å². The van der Waals surface area contributed by atoms with Gasteiger partial charge in [0.1, 0.15) is 10.7 Å². The average molecular weight is 427 g/mol. The molecular formula is C18H26N4O4S2. The molecule has 2 aromatic rings. The first-order chi connectivity index (χ1) is 13.1. The maximum absolute atomic E-state index is 12.6. The Morgan fingerprint density at radius 2 is 2.14 bits per heavy atom. The Hall–Kier alpha value is -1.78. The summed E-state index contributed by atoms with van der Waals surface area (Å²) in [5.41, 5.74) is 0.803. The van der Waals surface area contributed by atoms with Gasteiger partial charge in [0.25, 0.3) is 5.56 Å². The van der Waals surface area contributed by atoms with E-state index in [1.54, 1.807) is 4.90 Å². The van der Waals surface area contributed by atoms with Crippen molar-refractivity contribution in [3.05, 3.63) is 26.6 Å². The van der Waals surface area contributed by atoms with Gasteiger partial charge >= 0.3 is 0 Å². The van der Waals surface area contributed by atoms with E-state index in [0.29, 0.717) is 42.1 Å². The number of carbonyl (C=O) groups excluding carboxylic acids is 1. The fourth-order valence-electron chi connectivity index (χ4n) is 3.53. The molecule has 154 valence electrons. The van der Waals surface area contributed by atoms with E-state index in [-0.39, 0.29) is 23.8 Å². The van der Waals surface area contributed by atoms with Crippen LogP contribution in [0.4, 0.5) is 0 Å². The zero-order valence-electron chi connectivity index (χ0n) is 16.4. The molecule has 1 aliphatic rings. The lowest BCUT2D eigenvalue weighted by Crippen LogP contribution is -2.43. The summed E-state index contributed by atoms with van der Waals surface area (Å²) in [5.74, 6) is 0.656. The van der Waals surface area contributed by atoms with E-state index in [4.69, 9.17) is 0 Å². The first kappa shape index (κ1) is 20.9. The molecule has 1 fully saturated rings. The third-order valence-corrected chi connectivity index (χ3v) is 6.96. The number of aromatic amines is 1. The minimum Gasteiger partial charge on any atom is -0.342 e. The number of hydrogen-bond acceptors (Lipinski definition) is 6. The van der Waals surface area contributed by atoms with Crippen LogP contribution in [-0.2, 0) is 21.2 Å². The predicted octanol–water partition coefficient (Wildman–Crippen LogP) is 1.32. The number of thiophene rings is 1. The number of piperidine rings is 1. The third-order valence-electron chi connectivity index (χ3n) is 5.17. The first-order valence-corrected chi connectivity index (χ1v) is 12.1. The van der Waals surface area contributed by atoms with Crippen LogP contribution in [0, 0.1) is 19.8 Å². The van der Waals surface area contributed by atoms with Crippen LogP contribution in [0.15, 0.2) is 4.79 Å². The van der Waals surface area contributed by atoms with E-state index in [1.165, 1.54) is 11.3 Å². The highest BCUT2D eigenvalue weighted by Gasteiger charge is 2.24. The molecule has 0 saturated carbocycles. The maximum atomic E-state index is 12.6. The highest BCUT2D eigenvalue weighted by atomic mass is 32.2. The number of likely N-dealkylation sites (tertiary alicyclic amines) is 1. The Morgan fingerprint density at radius 3 is 2.86 bits per heavy atom. The molecule has 28 heavy (non-hydrogen) atoms. The summed E-state index contributed by atoms with van der Waals surface area (Å²) in [6, 6.07) is 0. The number of hydrogen-bond donors (Lipinski definition) is 2. The van der Waals surface area contributed by atoms with Gasteiger partial charge in [-0.25, -0.2) is 18.1 Å². The van der Waals surface area contributed by atoms with Crippen LogP contribution in [0.5, 0.6) is 0 Å². The summed E-state index contributed by atoms with van der Waals surface area (Å²) < 4.78 is 25.1. The van der Waals surface area contributed by atoms with E-state index in [1.807, 2.05) is 13.8 Å². The summed E-state index contributed by atoms with van der Waals surface area (Å²) in [7, 11) is -3.23. The van der Waals surface area contributed by atoms with Gasteiger partial charge < -0.3 is 9.88 Å². The summed E-state index contributed by atoms with van der Waals surface area (Å²) in [5, 5.41) is 0.634. The Kier molecular flexibility index (Phi) is 6.21. The van der Waals surface area contributed by atoms with Gasteiger partial charge in [-0.05, 0) is 38.2 Å². The van der Waals surface area contributed by atoms with E-state index >= 15 is 0 Å². The van der Waals surface area contributed by atoms with Crippen molar-refractivity contribution in [2.75, 3.05) is 25.9 Å². The molecule has 2 aromatic heterocycles. The number of carbonyl (C=O) groups is 1. The number of sulfonamides is 1. The van der Waals surface area contributed by atoms with E-state index in [0.717, 1.165) is 29.5 Å². The van der Waals surface area contributed by atoms with Gasteiger partial charge in [-0.15, -0.1) is 11.3 Å². The summed E-state index contributed by atoms with van der Waals surface area (Å²) in [6.07, 6.45) is 3.54. The second kappa shape index (κ2) is 8.30. The van der Waals surface area contributed by atoms with Crippen LogP contribution in [-0.4, -0.2) is 55.1 Å². The number of fused-ring (bicyclic) bond motifs is 1. The van der Waals surface area contributed by atoms with Gasteiger partial charge in [-0.2, -0.15) is 0 Å². The van der Waals surface area contributed by atoms with Crippen LogP contribution in [0.2, 0.25) is 0 Å². The van der Waals surface area contributed by atoms with Gasteiger partial charge in [0.15, 0.2) is 0 Å². The molecule has 0 aromatic carbocycles. The Labute approximate surface area is 168 Å². The lowest BCUT2D eigenvalue weighted by molar-refractivity contribution is -0.132. The van der Waals surface area contributed by atoms with Crippen LogP contribution >= 0.6 is 11.3 Å². The molecule has 1 atom stereocenters. The van der Waals surface area contributed by atoms with Crippen molar-refractivity contribution in [2.45, 2.75) is 39.5 Å². The van der Waals surface area contributed by atoms with Crippen molar-refractivity contribution in [1.82, 2.24) is 19.6 Å². The number of aromatic nitrogens is 2. The summed E-state index contributed by atoms with van der Waals surface area (Å²) >= 11 is 1.49. The van der Waals surface area contributed by atoms with Crippen molar-refractivity contribution < 1.29 is 13.2 Å². The lowest BCUT2D eigenvalue weighted by Gasteiger charge is -2.32. The fourth-order valence-corrected chi connectivity index (χ4v) is 5.12. The molecule has 0 spiro atoms. The first-order valence-electron chi connectivity index (χ1n) is 9.35. The monoisotopic (exact) mass is 426 g/mol. The van der Waals surface area contributed by atoms with Gasteiger partial charge in [-0.3, -0.25) is 9.59 Å². The molecule has 2 N–H and O–H groups in total. The topological polar surface area (TPSA) is 112 Å². The number of nitrogens with one attached hydrogen (secondary N) is 2. The Morgan fingerprint density at radius 1 is 1.39 bits per heavy atom. The van der Waals surface area contributed by atoms with E-state index < -0.39 is 10.0 Å². The highest BCUT2D eigenvalue weighted by molar-refractivity contribution is 7.88. The zero-order valence-corrected chi connectivity index (χ0v) is 18.0. The molecule has 1 aliphatic heterocycles. The smallest absolute Gasteiger partial charge is 0.259 e. The van der Waals surface area contributed by atoms with Crippen LogP contribution in [0.3, 0.4) is 0 Å². The van der Waals surface area contributed by atoms with Gasteiger partial charge in [-0.1, -0.05) is 0 Å². The SMILES string of the molecule is Cc1sc2nc(CCC(=O)N3CCCC(CNS(C)(=O)=O)C3)[nH]c(=O)c2c1C. The molecule has 1 unspecified atom stereocenters. The van der Waals surface area contributed by atoms with Gasteiger partial charge in [0, 0.05) is 37.4 Å². The molecule has 3 heterocycles. The summed E-state index contributed by atoms with van der Waals surface area (Å²) in [6.45, 7) is 5.47. The molecule has 0 aliphatic carbocycles. The maximum Gasteiger partial charge on any atom is 0.259 e. The molecule has 1 saturated heterocycles. The van der Waals surface area contributed by atoms with E-state index in [9.17, 15) is 18.0 Å². The molecule has 3 rings (SSSR count). The number of rotatable bonds is 6. The third kappa shape index (κ3) is 4.98. The number of H-pyrrole nitrogens is 1. The number of aryl methyl sites for hydroxylation is 3.